The summed E-state index contributed by atoms with van der Waals surface area (Å²) in [5, 5.41) is 0. The molecule has 1 aromatic carbocycles. The fourth-order valence-electron chi connectivity index (χ4n) is 3.42. The zero-order valence-corrected chi connectivity index (χ0v) is 12.2. The van der Waals surface area contributed by atoms with Crippen LogP contribution < -0.4 is 5.43 Å². The van der Waals surface area contributed by atoms with E-state index in [1.165, 1.54) is 12.0 Å². The molecule has 2 aliphatic rings. The SMILES string of the molecule is CC1CC1C1=Cc2[nH]c(-c3ccccc3)cc(=O)c2CC1. The number of hydrogen-bond donors (Lipinski definition) is 1. The van der Waals surface area contributed by atoms with Gasteiger partial charge in [0.2, 0.25) is 0 Å². The molecule has 0 amide bonds. The van der Waals surface area contributed by atoms with Crippen molar-refractivity contribution in [2.75, 3.05) is 0 Å². The summed E-state index contributed by atoms with van der Waals surface area (Å²) in [6.07, 6.45) is 5.48. The van der Waals surface area contributed by atoms with Gasteiger partial charge < -0.3 is 4.98 Å². The molecule has 1 heterocycles. The number of pyridine rings is 1. The maximum Gasteiger partial charge on any atom is 0.185 e. The van der Waals surface area contributed by atoms with Gasteiger partial charge in [0.05, 0.1) is 0 Å². The summed E-state index contributed by atoms with van der Waals surface area (Å²) in [4.78, 5) is 15.8. The third-order valence-electron chi connectivity index (χ3n) is 4.83. The smallest absolute Gasteiger partial charge is 0.185 e. The third kappa shape index (κ3) is 2.25. The Kier molecular flexibility index (Phi) is 2.85. The first-order valence-electron chi connectivity index (χ1n) is 7.74. The number of H-pyrrole nitrogens is 1. The standard InChI is InChI=1S/C19H19NO/c1-12-9-16(12)14-7-8-15-18(10-14)20-17(11-19(15)21)13-5-3-2-4-6-13/h2-6,10-12,16H,7-9H2,1H3,(H,20,21). The zero-order valence-electron chi connectivity index (χ0n) is 12.2. The van der Waals surface area contributed by atoms with Gasteiger partial charge in [-0.3, -0.25) is 4.79 Å². The summed E-state index contributed by atoms with van der Waals surface area (Å²) in [5.74, 6) is 1.57. The second-order valence-electron chi connectivity index (χ2n) is 6.34. The first-order chi connectivity index (χ1) is 10.2. The number of nitrogens with one attached hydrogen (secondary N) is 1. The summed E-state index contributed by atoms with van der Waals surface area (Å²) in [5.41, 5.74) is 5.66. The molecule has 0 saturated heterocycles. The molecular formula is C19H19NO. The van der Waals surface area contributed by atoms with Crippen LogP contribution >= 0.6 is 0 Å². The Morgan fingerprint density at radius 1 is 1.14 bits per heavy atom. The lowest BCUT2D eigenvalue weighted by molar-refractivity contribution is 0.776. The third-order valence-corrected chi connectivity index (χ3v) is 4.83. The molecule has 4 rings (SSSR count). The van der Waals surface area contributed by atoms with Gasteiger partial charge in [-0.05, 0) is 42.7 Å². The highest BCUT2D eigenvalue weighted by Crippen LogP contribution is 2.46. The van der Waals surface area contributed by atoms with E-state index in [1.807, 2.05) is 30.3 Å². The summed E-state index contributed by atoms with van der Waals surface area (Å²) in [7, 11) is 0. The van der Waals surface area contributed by atoms with Crippen molar-refractivity contribution in [3.63, 3.8) is 0 Å². The van der Waals surface area contributed by atoms with E-state index in [2.05, 4.69) is 18.0 Å². The highest BCUT2D eigenvalue weighted by Gasteiger charge is 2.36. The lowest BCUT2D eigenvalue weighted by Gasteiger charge is -2.17. The van der Waals surface area contributed by atoms with E-state index in [0.717, 1.165) is 47.2 Å². The molecule has 2 atom stereocenters. The van der Waals surface area contributed by atoms with Crippen LogP contribution in [0.1, 0.15) is 31.0 Å². The molecule has 1 saturated carbocycles. The van der Waals surface area contributed by atoms with Crippen molar-refractivity contribution in [2.45, 2.75) is 26.2 Å². The van der Waals surface area contributed by atoms with Gasteiger partial charge in [-0.1, -0.05) is 42.8 Å². The molecular weight excluding hydrogens is 258 g/mol. The minimum Gasteiger partial charge on any atom is -0.355 e. The van der Waals surface area contributed by atoms with Gasteiger partial charge in [0.25, 0.3) is 0 Å². The van der Waals surface area contributed by atoms with E-state index >= 15 is 0 Å². The molecule has 2 unspecified atom stereocenters. The Hall–Kier alpha value is -2.09. The molecule has 2 aliphatic carbocycles. The largest absolute Gasteiger partial charge is 0.355 e. The van der Waals surface area contributed by atoms with Gasteiger partial charge in [0.15, 0.2) is 5.43 Å². The van der Waals surface area contributed by atoms with Crippen molar-refractivity contribution in [1.29, 1.82) is 0 Å². The van der Waals surface area contributed by atoms with E-state index in [-0.39, 0.29) is 5.43 Å². The predicted molar refractivity (Wildman–Crippen MR) is 86.1 cm³/mol. The number of benzene rings is 1. The minimum atomic E-state index is 0.168. The summed E-state index contributed by atoms with van der Waals surface area (Å²) in [6, 6.07) is 11.8. The number of allylic oxidation sites excluding steroid dienone is 1. The van der Waals surface area contributed by atoms with Crippen molar-refractivity contribution >= 4 is 6.08 Å². The lowest BCUT2D eigenvalue weighted by atomic mass is 9.91. The molecule has 1 N–H and O–H groups in total. The van der Waals surface area contributed by atoms with Crippen molar-refractivity contribution in [2.24, 2.45) is 11.8 Å². The highest BCUT2D eigenvalue weighted by molar-refractivity contribution is 5.64. The van der Waals surface area contributed by atoms with E-state index in [9.17, 15) is 4.79 Å². The molecule has 2 aromatic rings. The van der Waals surface area contributed by atoms with Crippen LogP contribution in [0.4, 0.5) is 0 Å². The van der Waals surface area contributed by atoms with Crippen LogP contribution in [0.25, 0.3) is 17.3 Å². The van der Waals surface area contributed by atoms with Gasteiger partial charge in [0, 0.05) is 23.0 Å². The van der Waals surface area contributed by atoms with Crippen LogP contribution in [0.2, 0.25) is 0 Å². The molecule has 0 spiro atoms. The second kappa shape index (κ2) is 4.73. The Labute approximate surface area is 124 Å². The van der Waals surface area contributed by atoms with E-state index in [4.69, 9.17) is 0 Å². The number of aromatic nitrogens is 1. The Bertz CT molecular complexity index is 770. The monoisotopic (exact) mass is 277 g/mol. The van der Waals surface area contributed by atoms with Crippen LogP contribution in [0.15, 0.2) is 46.8 Å². The summed E-state index contributed by atoms with van der Waals surface area (Å²) >= 11 is 0. The van der Waals surface area contributed by atoms with Gasteiger partial charge in [0.1, 0.15) is 0 Å². The zero-order chi connectivity index (χ0) is 14.4. The van der Waals surface area contributed by atoms with Gasteiger partial charge in [-0.2, -0.15) is 0 Å². The molecule has 0 aliphatic heterocycles. The molecule has 2 heteroatoms. The maximum absolute atomic E-state index is 12.4. The fraction of sp³-hybridized carbons (Fsp3) is 0.316. The maximum atomic E-state index is 12.4. The Balaban J connectivity index is 1.80. The van der Waals surface area contributed by atoms with Gasteiger partial charge >= 0.3 is 0 Å². The molecule has 0 bridgehead atoms. The number of hydrogen-bond acceptors (Lipinski definition) is 1. The Morgan fingerprint density at radius 2 is 1.90 bits per heavy atom. The average Bonchev–Trinajstić information content (AvgIpc) is 3.24. The average molecular weight is 277 g/mol. The second-order valence-corrected chi connectivity index (χ2v) is 6.34. The molecule has 1 fully saturated rings. The summed E-state index contributed by atoms with van der Waals surface area (Å²) < 4.78 is 0. The topological polar surface area (TPSA) is 32.9 Å². The first-order valence-corrected chi connectivity index (χ1v) is 7.74. The van der Waals surface area contributed by atoms with Crippen molar-refractivity contribution in [3.8, 4) is 11.3 Å². The van der Waals surface area contributed by atoms with Crippen molar-refractivity contribution < 1.29 is 0 Å². The van der Waals surface area contributed by atoms with E-state index in [1.54, 1.807) is 6.07 Å². The van der Waals surface area contributed by atoms with Crippen molar-refractivity contribution in [3.05, 3.63) is 63.5 Å². The van der Waals surface area contributed by atoms with Crippen LogP contribution in [0.5, 0.6) is 0 Å². The first kappa shape index (κ1) is 12.6. The minimum absolute atomic E-state index is 0.168. The van der Waals surface area contributed by atoms with Gasteiger partial charge in [-0.15, -0.1) is 0 Å². The normalized spacial score (nSPS) is 23.4. The number of fused-ring (bicyclic) bond motifs is 1. The van der Waals surface area contributed by atoms with Crippen molar-refractivity contribution in [1.82, 2.24) is 4.98 Å². The lowest BCUT2D eigenvalue weighted by Crippen LogP contribution is -2.16. The number of rotatable bonds is 2. The van der Waals surface area contributed by atoms with Crippen LogP contribution in [-0.4, -0.2) is 4.98 Å². The molecule has 0 radical (unpaired) electrons. The van der Waals surface area contributed by atoms with E-state index in [0.29, 0.717) is 0 Å². The molecule has 21 heavy (non-hydrogen) atoms. The van der Waals surface area contributed by atoms with Crippen LogP contribution in [0, 0.1) is 11.8 Å². The van der Waals surface area contributed by atoms with Gasteiger partial charge in [-0.25, -0.2) is 0 Å². The molecule has 1 aromatic heterocycles. The highest BCUT2D eigenvalue weighted by atomic mass is 16.1. The number of aromatic amines is 1. The summed E-state index contributed by atoms with van der Waals surface area (Å²) in [6.45, 7) is 2.31. The Morgan fingerprint density at radius 3 is 2.62 bits per heavy atom. The van der Waals surface area contributed by atoms with E-state index < -0.39 is 0 Å². The molecule has 106 valence electrons. The molecule has 2 nitrogen and oxygen atoms in total. The predicted octanol–water partition coefficient (Wildman–Crippen LogP) is 4.03. The van der Waals surface area contributed by atoms with Crippen LogP contribution in [-0.2, 0) is 6.42 Å². The quantitative estimate of drug-likeness (QED) is 0.883. The fourth-order valence-corrected chi connectivity index (χ4v) is 3.42. The van der Waals surface area contributed by atoms with Crippen LogP contribution in [0.3, 0.4) is 0 Å².